The van der Waals surface area contributed by atoms with Crippen molar-refractivity contribution >= 4 is 11.9 Å². The van der Waals surface area contributed by atoms with Crippen molar-refractivity contribution in [2.45, 2.75) is 12.5 Å². The fraction of sp³-hybridized carbons (Fsp3) is 0.750. The van der Waals surface area contributed by atoms with Crippen molar-refractivity contribution in [2.24, 2.45) is 5.73 Å². The number of hydrogen-bond acceptors (Lipinski definition) is 4. The third-order valence-electron chi connectivity index (χ3n) is 2.12. The molecule has 0 aromatic heterocycles. The number of carboxylic acids is 1. The van der Waals surface area contributed by atoms with Gasteiger partial charge in [0.1, 0.15) is 0 Å². The summed E-state index contributed by atoms with van der Waals surface area (Å²) in [6, 6.07) is -0.242. The average molecular weight is 202 g/mol. The zero-order valence-electron chi connectivity index (χ0n) is 7.81. The number of hydrogen-bond donors (Lipinski definition) is 2. The van der Waals surface area contributed by atoms with Crippen LogP contribution in [-0.4, -0.2) is 54.2 Å². The number of primary amides is 1. The highest BCUT2D eigenvalue weighted by atomic mass is 16.5. The summed E-state index contributed by atoms with van der Waals surface area (Å²) >= 11 is 0. The molecule has 1 aliphatic heterocycles. The number of nitrogens with two attached hydrogens (primary N) is 1. The molecule has 6 heteroatoms. The Morgan fingerprint density at radius 1 is 1.57 bits per heavy atom. The summed E-state index contributed by atoms with van der Waals surface area (Å²) in [7, 11) is 0. The van der Waals surface area contributed by atoms with E-state index >= 15 is 0 Å². The molecule has 1 saturated heterocycles. The van der Waals surface area contributed by atoms with Crippen molar-refractivity contribution in [1.29, 1.82) is 0 Å². The number of nitrogens with zero attached hydrogens (tertiary/aromatic N) is 1. The van der Waals surface area contributed by atoms with Gasteiger partial charge in [-0.2, -0.15) is 0 Å². The maximum absolute atomic E-state index is 10.7. The lowest BCUT2D eigenvalue weighted by atomic mass is 10.1. The lowest BCUT2D eigenvalue weighted by Gasteiger charge is -2.33. The predicted molar refractivity (Wildman–Crippen MR) is 47.6 cm³/mol. The van der Waals surface area contributed by atoms with E-state index in [1.165, 1.54) is 0 Å². The highest BCUT2D eigenvalue weighted by Crippen LogP contribution is 2.09. The summed E-state index contributed by atoms with van der Waals surface area (Å²) in [5.74, 6) is -1.34. The van der Waals surface area contributed by atoms with Crippen LogP contribution in [0.1, 0.15) is 6.42 Å². The molecule has 0 spiro atoms. The number of aliphatic carboxylic acids is 1. The van der Waals surface area contributed by atoms with Crippen molar-refractivity contribution in [1.82, 2.24) is 4.90 Å². The molecule has 1 rings (SSSR count). The Labute approximate surface area is 81.6 Å². The number of carbonyl (C=O) groups excluding carboxylic acids is 1. The van der Waals surface area contributed by atoms with Crippen LogP contribution >= 0.6 is 0 Å². The molecule has 1 atom stereocenters. The first-order valence-corrected chi connectivity index (χ1v) is 4.41. The van der Waals surface area contributed by atoms with Crippen LogP contribution in [0.25, 0.3) is 0 Å². The van der Waals surface area contributed by atoms with Gasteiger partial charge in [-0.25, -0.2) is 0 Å². The van der Waals surface area contributed by atoms with Crippen LogP contribution in [0, 0.1) is 0 Å². The molecule has 1 unspecified atom stereocenters. The summed E-state index contributed by atoms with van der Waals surface area (Å²) < 4.78 is 5.14. The van der Waals surface area contributed by atoms with E-state index in [0.717, 1.165) is 0 Å². The summed E-state index contributed by atoms with van der Waals surface area (Å²) in [5, 5.41) is 8.62. The van der Waals surface area contributed by atoms with Gasteiger partial charge in [-0.3, -0.25) is 14.5 Å². The van der Waals surface area contributed by atoms with Crippen LogP contribution < -0.4 is 5.73 Å². The lowest BCUT2D eigenvalue weighted by molar-refractivity contribution is -0.141. The highest BCUT2D eigenvalue weighted by Gasteiger charge is 2.25. The summed E-state index contributed by atoms with van der Waals surface area (Å²) in [6.07, 6.45) is -0.0206. The summed E-state index contributed by atoms with van der Waals surface area (Å²) in [4.78, 5) is 22.9. The first kappa shape index (κ1) is 10.9. The Bertz CT molecular complexity index is 207. The van der Waals surface area contributed by atoms with Crippen LogP contribution in [-0.2, 0) is 14.3 Å². The maximum Gasteiger partial charge on any atom is 0.305 e. The van der Waals surface area contributed by atoms with Crippen LogP contribution in [0.2, 0.25) is 0 Å². The van der Waals surface area contributed by atoms with E-state index < -0.39 is 11.9 Å². The zero-order chi connectivity index (χ0) is 10.6. The van der Waals surface area contributed by atoms with Gasteiger partial charge in [-0.05, 0) is 0 Å². The van der Waals surface area contributed by atoms with Crippen LogP contribution in [0.4, 0.5) is 0 Å². The van der Waals surface area contributed by atoms with Gasteiger partial charge in [0.2, 0.25) is 5.91 Å². The number of amides is 1. The molecule has 1 heterocycles. The number of ether oxygens (including phenoxy) is 1. The Balaban J connectivity index is 2.49. The van der Waals surface area contributed by atoms with Gasteiger partial charge < -0.3 is 15.6 Å². The van der Waals surface area contributed by atoms with E-state index in [-0.39, 0.29) is 19.0 Å². The fourth-order valence-electron chi connectivity index (χ4n) is 1.49. The molecule has 1 fully saturated rings. The summed E-state index contributed by atoms with van der Waals surface area (Å²) in [6.45, 7) is 1.52. The van der Waals surface area contributed by atoms with Gasteiger partial charge >= 0.3 is 5.97 Å². The second-order valence-corrected chi connectivity index (χ2v) is 3.26. The molecule has 0 radical (unpaired) electrons. The SMILES string of the molecule is NC(=O)CN1CCOCC1CC(=O)O. The molecule has 14 heavy (non-hydrogen) atoms. The average Bonchev–Trinajstić information content (AvgIpc) is 2.06. The van der Waals surface area contributed by atoms with Gasteiger partial charge in [0.25, 0.3) is 0 Å². The summed E-state index contributed by atoms with van der Waals surface area (Å²) in [5.41, 5.74) is 5.05. The van der Waals surface area contributed by atoms with Gasteiger partial charge in [-0.1, -0.05) is 0 Å². The van der Waals surface area contributed by atoms with Crippen molar-refractivity contribution in [3.05, 3.63) is 0 Å². The molecule has 0 aliphatic carbocycles. The van der Waals surface area contributed by atoms with Crippen molar-refractivity contribution in [3.8, 4) is 0 Å². The molecule has 0 aromatic rings. The number of carboxylic acid groups (broad SMARTS) is 1. The smallest absolute Gasteiger partial charge is 0.305 e. The molecule has 0 aromatic carbocycles. The quantitative estimate of drug-likeness (QED) is 0.587. The Morgan fingerprint density at radius 3 is 2.86 bits per heavy atom. The van der Waals surface area contributed by atoms with Crippen molar-refractivity contribution in [3.63, 3.8) is 0 Å². The van der Waals surface area contributed by atoms with E-state index in [2.05, 4.69) is 0 Å². The monoisotopic (exact) mass is 202 g/mol. The normalized spacial score (nSPS) is 23.3. The number of rotatable bonds is 4. The largest absolute Gasteiger partial charge is 0.481 e. The highest BCUT2D eigenvalue weighted by molar-refractivity contribution is 5.76. The molecule has 1 amide bonds. The van der Waals surface area contributed by atoms with Crippen LogP contribution in [0.15, 0.2) is 0 Å². The Kier molecular flexibility index (Phi) is 3.84. The van der Waals surface area contributed by atoms with Gasteiger partial charge in [0.15, 0.2) is 0 Å². The molecule has 1 aliphatic rings. The first-order chi connectivity index (χ1) is 6.59. The number of carbonyl (C=O) groups is 2. The van der Waals surface area contributed by atoms with E-state index in [4.69, 9.17) is 15.6 Å². The fourth-order valence-corrected chi connectivity index (χ4v) is 1.49. The number of morpholine rings is 1. The third-order valence-corrected chi connectivity index (χ3v) is 2.12. The minimum Gasteiger partial charge on any atom is -0.481 e. The van der Waals surface area contributed by atoms with E-state index in [0.29, 0.717) is 19.8 Å². The molecule has 0 saturated carbocycles. The Morgan fingerprint density at radius 2 is 2.29 bits per heavy atom. The zero-order valence-corrected chi connectivity index (χ0v) is 7.81. The minimum atomic E-state index is -0.894. The van der Waals surface area contributed by atoms with Gasteiger partial charge in [0.05, 0.1) is 26.2 Å². The molecular weight excluding hydrogens is 188 g/mol. The topological polar surface area (TPSA) is 92.9 Å². The molecule has 6 nitrogen and oxygen atoms in total. The van der Waals surface area contributed by atoms with E-state index in [9.17, 15) is 9.59 Å². The maximum atomic E-state index is 10.7. The van der Waals surface area contributed by atoms with Crippen molar-refractivity contribution < 1.29 is 19.4 Å². The van der Waals surface area contributed by atoms with Crippen LogP contribution in [0.3, 0.4) is 0 Å². The lowest BCUT2D eigenvalue weighted by Crippen LogP contribution is -2.49. The van der Waals surface area contributed by atoms with E-state index in [1.807, 2.05) is 0 Å². The second kappa shape index (κ2) is 4.92. The molecule has 3 N–H and O–H groups in total. The molecular formula is C8H14N2O4. The first-order valence-electron chi connectivity index (χ1n) is 4.41. The molecule has 80 valence electrons. The standard InChI is InChI=1S/C8H14N2O4/c9-7(11)4-10-1-2-14-5-6(10)3-8(12)13/h6H,1-5H2,(H2,9,11)(H,12,13). The van der Waals surface area contributed by atoms with Gasteiger partial charge in [-0.15, -0.1) is 0 Å². The van der Waals surface area contributed by atoms with Gasteiger partial charge in [0, 0.05) is 12.6 Å². The third kappa shape index (κ3) is 3.31. The van der Waals surface area contributed by atoms with Crippen molar-refractivity contribution in [2.75, 3.05) is 26.3 Å². The molecule has 0 bridgehead atoms. The minimum absolute atomic E-state index is 0.0206. The second-order valence-electron chi connectivity index (χ2n) is 3.26. The predicted octanol–water partition coefficient (Wildman–Crippen LogP) is -1.35. The van der Waals surface area contributed by atoms with E-state index in [1.54, 1.807) is 4.90 Å². The van der Waals surface area contributed by atoms with Crippen LogP contribution in [0.5, 0.6) is 0 Å². The Hall–Kier alpha value is -1.14.